The van der Waals surface area contributed by atoms with Crippen LogP contribution in [0.2, 0.25) is 0 Å². The van der Waals surface area contributed by atoms with Gasteiger partial charge in [-0.3, -0.25) is 9.59 Å². The standard InChI is InChI=1S/C22H35N3O4/c1-9-25(19(27)15(2)23-20(28)29-22(6,7)8)17(16-13-11-10-12-14-16)18(26)24-21(3,4)5/h10-15,17H,9H2,1-8H3,(H,23,28)(H,24,26). The molecule has 2 atom stereocenters. The molecule has 0 fully saturated rings. The summed E-state index contributed by atoms with van der Waals surface area (Å²) in [4.78, 5) is 39.7. The summed E-state index contributed by atoms with van der Waals surface area (Å²) in [6, 6.07) is 7.48. The molecule has 0 radical (unpaired) electrons. The van der Waals surface area contributed by atoms with Gasteiger partial charge in [0.05, 0.1) is 0 Å². The summed E-state index contributed by atoms with van der Waals surface area (Å²) in [5.74, 6) is -0.639. The third kappa shape index (κ3) is 8.13. The first-order valence-corrected chi connectivity index (χ1v) is 9.92. The molecule has 0 saturated carbocycles. The maximum Gasteiger partial charge on any atom is 0.408 e. The molecule has 0 aliphatic heterocycles. The van der Waals surface area contributed by atoms with Gasteiger partial charge in [-0.25, -0.2) is 4.79 Å². The van der Waals surface area contributed by atoms with Crippen LogP contribution in [0.5, 0.6) is 0 Å². The van der Waals surface area contributed by atoms with Crippen molar-refractivity contribution in [1.29, 1.82) is 0 Å². The molecule has 1 aromatic carbocycles. The summed E-state index contributed by atoms with van der Waals surface area (Å²) < 4.78 is 5.23. The molecular formula is C22H35N3O4. The maximum absolute atomic E-state index is 13.1. The molecule has 0 saturated heterocycles. The zero-order valence-electron chi connectivity index (χ0n) is 18.8. The Morgan fingerprint density at radius 2 is 1.59 bits per heavy atom. The largest absolute Gasteiger partial charge is 0.444 e. The number of nitrogens with one attached hydrogen (secondary N) is 2. The van der Waals surface area contributed by atoms with E-state index in [-0.39, 0.29) is 11.8 Å². The molecule has 2 unspecified atom stereocenters. The molecule has 7 nitrogen and oxygen atoms in total. The van der Waals surface area contributed by atoms with E-state index in [1.807, 2.05) is 51.1 Å². The number of rotatable bonds is 6. The van der Waals surface area contributed by atoms with E-state index in [1.165, 1.54) is 4.90 Å². The number of carbonyl (C=O) groups excluding carboxylic acids is 3. The predicted octanol–water partition coefficient (Wildman–Crippen LogP) is 3.40. The van der Waals surface area contributed by atoms with E-state index in [9.17, 15) is 14.4 Å². The van der Waals surface area contributed by atoms with Crippen molar-refractivity contribution in [2.45, 2.75) is 78.6 Å². The van der Waals surface area contributed by atoms with Gasteiger partial charge in [-0.15, -0.1) is 0 Å². The van der Waals surface area contributed by atoms with Crippen LogP contribution in [-0.2, 0) is 14.3 Å². The zero-order chi connectivity index (χ0) is 22.4. The van der Waals surface area contributed by atoms with Crippen molar-refractivity contribution in [2.24, 2.45) is 0 Å². The van der Waals surface area contributed by atoms with Gasteiger partial charge in [0.2, 0.25) is 11.8 Å². The van der Waals surface area contributed by atoms with E-state index in [0.717, 1.165) is 0 Å². The fourth-order valence-corrected chi connectivity index (χ4v) is 2.81. The van der Waals surface area contributed by atoms with E-state index in [1.54, 1.807) is 34.6 Å². The second kappa shape index (κ2) is 9.76. The molecule has 0 aromatic heterocycles. The number of alkyl carbamates (subject to hydrolysis) is 1. The molecule has 3 amide bonds. The van der Waals surface area contributed by atoms with Crippen molar-refractivity contribution in [3.8, 4) is 0 Å². The Hall–Kier alpha value is -2.57. The van der Waals surface area contributed by atoms with Gasteiger partial charge >= 0.3 is 6.09 Å². The SMILES string of the molecule is CCN(C(=O)C(C)NC(=O)OC(C)(C)C)C(C(=O)NC(C)(C)C)c1ccccc1. The van der Waals surface area contributed by atoms with Crippen LogP contribution in [0.1, 0.15) is 67.0 Å². The minimum Gasteiger partial charge on any atom is -0.444 e. The minimum absolute atomic E-state index is 0.275. The highest BCUT2D eigenvalue weighted by atomic mass is 16.6. The molecule has 1 rings (SSSR count). The Kier molecular flexibility index (Phi) is 8.24. The fraction of sp³-hybridized carbons (Fsp3) is 0.591. The normalized spacial score (nSPS) is 13.8. The number of likely N-dealkylation sites (N-methyl/N-ethyl adjacent to an activating group) is 1. The first-order chi connectivity index (χ1) is 13.2. The van der Waals surface area contributed by atoms with Gasteiger partial charge in [0.25, 0.3) is 0 Å². The topological polar surface area (TPSA) is 87.7 Å². The highest BCUT2D eigenvalue weighted by Crippen LogP contribution is 2.23. The van der Waals surface area contributed by atoms with Crippen molar-refractivity contribution in [1.82, 2.24) is 15.5 Å². The van der Waals surface area contributed by atoms with Crippen LogP contribution < -0.4 is 10.6 Å². The highest BCUT2D eigenvalue weighted by molar-refractivity contribution is 5.92. The highest BCUT2D eigenvalue weighted by Gasteiger charge is 2.34. The lowest BCUT2D eigenvalue weighted by Gasteiger charge is -2.34. The number of ether oxygens (including phenoxy) is 1. The number of amides is 3. The molecule has 0 bridgehead atoms. The lowest BCUT2D eigenvalue weighted by Crippen LogP contribution is -2.53. The fourth-order valence-electron chi connectivity index (χ4n) is 2.81. The first-order valence-electron chi connectivity index (χ1n) is 9.92. The Morgan fingerprint density at radius 1 is 1.03 bits per heavy atom. The molecule has 0 spiro atoms. The summed E-state index contributed by atoms with van der Waals surface area (Å²) in [5, 5.41) is 5.51. The lowest BCUT2D eigenvalue weighted by molar-refractivity contribution is -0.142. The Labute approximate surface area is 174 Å². The molecule has 0 aliphatic carbocycles. The maximum atomic E-state index is 13.1. The molecular weight excluding hydrogens is 370 g/mol. The van der Waals surface area contributed by atoms with Gasteiger partial charge < -0.3 is 20.3 Å². The molecule has 1 aromatic rings. The van der Waals surface area contributed by atoms with Crippen LogP contribution in [-0.4, -0.2) is 46.5 Å². The van der Waals surface area contributed by atoms with Gasteiger partial charge in [0.15, 0.2) is 0 Å². The third-order valence-corrected chi connectivity index (χ3v) is 3.90. The number of hydrogen-bond donors (Lipinski definition) is 2. The van der Waals surface area contributed by atoms with Crippen LogP contribution in [0.25, 0.3) is 0 Å². The minimum atomic E-state index is -0.849. The average molecular weight is 406 g/mol. The van der Waals surface area contributed by atoms with Gasteiger partial charge in [-0.05, 0) is 61.0 Å². The van der Waals surface area contributed by atoms with Gasteiger partial charge in [0, 0.05) is 12.1 Å². The predicted molar refractivity (Wildman–Crippen MR) is 113 cm³/mol. The van der Waals surface area contributed by atoms with E-state index in [4.69, 9.17) is 4.74 Å². The van der Waals surface area contributed by atoms with E-state index in [0.29, 0.717) is 12.1 Å². The van der Waals surface area contributed by atoms with E-state index >= 15 is 0 Å². The second-order valence-electron chi connectivity index (χ2n) is 9.04. The molecule has 7 heteroatoms. The van der Waals surface area contributed by atoms with Crippen molar-refractivity contribution in [2.75, 3.05) is 6.54 Å². The van der Waals surface area contributed by atoms with Crippen LogP contribution in [0, 0.1) is 0 Å². The second-order valence-corrected chi connectivity index (χ2v) is 9.04. The number of benzene rings is 1. The van der Waals surface area contributed by atoms with Crippen molar-refractivity contribution in [3.63, 3.8) is 0 Å². The third-order valence-electron chi connectivity index (χ3n) is 3.90. The summed E-state index contributed by atoms with van der Waals surface area (Å²) in [6.45, 7) is 14.6. The van der Waals surface area contributed by atoms with Gasteiger partial charge in [-0.1, -0.05) is 30.3 Å². The van der Waals surface area contributed by atoms with Crippen LogP contribution in [0.15, 0.2) is 30.3 Å². The molecule has 29 heavy (non-hydrogen) atoms. The smallest absolute Gasteiger partial charge is 0.408 e. The zero-order valence-corrected chi connectivity index (χ0v) is 18.8. The van der Waals surface area contributed by atoms with Gasteiger partial charge in [0.1, 0.15) is 17.7 Å². The Morgan fingerprint density at radius 3 is 2.03 bits per heavy atom. The lowest BCUT2D eigenvalue weighted by atomic mass is 10.0. The van der Waals surface area contributed by atoms with Crippen molar-refractivity contribution in [3.05, 3.63) is 35.9 Å². The van der Waals surface area contributed by atoms with Crippen molar-refractivity contribution < 1.29 is 19.1 Å². The first kappa shape index (κ1) is 24.5. The Bertz CT molecular complexity index is 705. The van der Waals surface area contributed by atoms with Crippen LogP contribution >= 0.6 is 0 Å². The summed E-state index contributed by atoms with van der Waals surface area (Å²) in [5.41, 5.74) is -0.419. The molecule has 162 valence electrons. The quantitative estimate of drug-likeness (QED) is 0.759. The van der Waals surface area contributed by atoms with Crippen LogP contribution in [0.3, 0.4) is 0 Å². The summed E-state index contributed by atoms with van der Waals surface area (Å²) in [7, 11) is 0. The number of hydrogen-bond acceptors (Lipinski definition) is 4. The molecule has 0 heterocycles. The van der Waals surface area contributed by atoms with E-state index in [2.05, 4.69) is 10.6 Å². The Balaban J connectivity index is 3.12. The van der Waals surface area contributed by atoms with Crippen LogP contribution in [0.4, 0.5) is 4.79 Å². The van der Waals surface area contributed by atoms with Crippen molar-refractivity contribution >= 4 is 17.9 Å². The average Bonchev–Trinajstić information content (AvgIpc) is 2.56. The molecule has 0 aliphatic rings. The number of carbonyl (C=O) groups is 3. The monoisotopic (exact) mass is 405 g/mol. The summed E-state index contributed by atoms with van der Waals surface area (Å²) >= 11 is 0. The molecule has 2 N–H and O–H groups in total. The van der Waals surface area contributed by atoms with E-state index < -0.39 is 29.3 Å². The summed E-state index contributed by atoms with van der Waals surface area (Å²) in [6.07, 6.45) is -0.676. The number of nitrogens with zero attached hydrogens (tertiary/aromatic N) is 1. The van der Waals surface area contributed by atoms with Gasteiger partial charge in [-0.2, -0.15) is 0 Å².